The predicted octanol–water partition coefficient (Wildman–Crippen LogP) is 6.35. The number of rotatable bonds is 10. The third-order valence-corrected chi connectivity index (χ3v) is 6.83. The number of nitrogens with one attached hydrogen (secondary N) is 1. The quantitative estimate of drug-likeness (QED) is 0.527. The van der Waals surface area contributed by atoms with E-state index in [1.807, 2.05) is 38.4 Å². The fraction of sp³-hybridized carbons (Fsp3) is 0.696. The van der Waals surface area contributed by atoms with Gasteiger partial charge in [0.25, 0.3) is 0 Å². The Bertz CT molecular complexity index is 554. The second-order valence-corrected chi connectivity index (χ2v) is 8.57. The topological polar surface area (TPSA) is 32.3 Å². The number of carbonyl (C=O) groups excluding carboxylic acids is 1. The van der Waals surface area contributed by atoms with Crippen molar-refractivity contribution in [2.24, 2.45) is 16.7 Å². The van der Waals surface area contributed by atoms with Crippen LogP contribution in [0.15, 0.2) is 24.3 Å². The minimum atomic E-state index is 0.0240. The van der Waals surface area contributed by atoms with Gasteiger partial charge in [-0.25, -0.2) is 0 Å². The first-order chi connectivity index (χ1) is 12.1. The van der Waals surface area contributed by atoms with Crippen LogP contribution in [0, 0.1) is 16.7 Å². The minimum absolute atomic E-state index is 0.0240. The molecule has 0 aromatic heterocycles. The zero-order chi connectivity index (χ0) is 20.0. The summed E-state index contributed by atoms with van der Waals surface area (Å²) in [4.78, 5) is 15.3. The molecule has 0 saturated carbocycles. The van der Waals surface area contributed by atoms with E-state index in [2.05, 4.69) is 51.8 Å². The Labute approximate surface area is 161 Å². The summed E-state index contributed by atoms with van der Waals surface area (Å²) in [5.74, 6) is 0.192. The van der Waals surface area contributed by atoms with Gasteiger partial charge in [-0.15, -0.1) is 0 Å². The molecular formula is C23H40N2O. The summed E-state index contributed by atoms with van der Waals surface area (Å²) in [7, 11) is 4.04. The van der Waals surface area contributed by atoms with Crippen molar-refractivity contribution in [2.75, 3.05) is 24.3 Å². The minimum Gasteiger partial charge on any atom is -0.378 e. The van der Waals surface area contributed by atoms with Crippen LogP contribution in [0.1, 0.15) is 73.6 Å². The molecule has 0 saturated heterocycles. The highest BCUT2D eigenvalue weighted by atomic mass is 16.1. The molecule has 0 spiro atoms. The van der Waals surface area contributed by atoms with Gasteiger partial charge in [0, 0.05) is 31.4 Å². The van der Waals surface area contributed by atoms with Gasteiger partial charge in [-0.1, -0.05) is 54.4 Å². The molecular weight excluding hydrogens is 320 g/mol. The Morgan fingerprint density at radius 2 is 1.46 bits per heavy atom. The molecule has 1 aromatic rings. The molecule has 1 aromatic carbocycles. The van der Waals surface area contributed by atoms with Crippen molar-refractivity contribution in [3.8, 4) is 0 Å². The molecule has 0 radical (unpaired) electrons. The van der Waals surface area contributed by atoms with Crippen LogP contribution in [-0.2, 0) is 4.79 Å². The molecule has 0 aliphatic heterocycles. The maximum Gasteiger partial charge on any atom is 0.228 e. The van der Waals surface area contributed by atoms with Crippen molar-refractivity contribution in [3.05, 3.63) is 24.3 Å². The van der Waals surface area contributed by atoms with E-state index >= 15 is 0 Å². The summed E-state index contributed by atoms with van der Waals surface area (Å²) in [5.41, 5.74) is 2.26. The van der Waals surface area contributed by atoms with Crippen molar-refractivity contribution in [3.63, 3.8) is 0 Å². The summed E-state index contributed by atoms with van der Waals surface area (Å²) < 4.78 is 0. The molecule has 3 nitrogen and oxygen atoms in total. The van der Waals surface area contributed by atoms with E-state index in [4.69, 9.17) is 0 Å². The normalized spacial score (nSPS) is 13.4. The summed E-state index contributed by atoms with van der Waals surface area (Å²) >= 11 is 0. The molecule has 148 valence electrons. The summed E-state index contributed by atoms with van der Waals surface area (Å²) in [6, 6.07) is 8.09. The molecule has 1 unspecified atom stereocenters. The molecule has 3 heteroatoms. The summed E-state index contributed by atoms with van der Waals surface area (Å²) in [5, 5.41) is 3.20. The predicted molar refractivity (Wildman–Crippen MR) is 115 cm³/mol. The zero-order valence-corrected chi connectivity index (χ0v) is 18.3. The Morgan fingerprint density at radius 3 is 1.85 bits per heavy atom. The Morgan fingerprint density at radius 1 is 0.962 bits per heavy atom. The van der Waals surface area contributed by atoms with Gasteiger partial charge in [0.15, 0.2) is 0 Å². The molecule has 0 aliphatic carbocycles. The summed E-state index contributed by atoms with van der Waals surface area (Å²) in [6.07, 6.45) is 5.19. The van der Waals surface area contributed by atoms with Crippen LogP contribution in [-0.4, -0.2) is 20.0 Å². The van der Waals surface area contributed by atoms with Crippen molar-refractivity contribution in [1.29, 1.82) is 0 Å². The van der Waals surface area contributed by atoms with E-state index in [1.54, 1.807) is 0 Å². The smallest absolute Gasteiger partial charge is 0.228 e. The highest BCUT2D eigenvalue weighted by Gasteiger charge is 2.40. The van der Waals surface area contributed by atoms with Crippen LogP contribution in [0.25, 0.3) is 0 Å². The summed E-state index contributed by atoms with van der Waals surface area (Å²) in [6.45, 7) is 13.5. The number of nitrogens with zero attached hydrogens (tertiary/aromatic N) is 1. The second kappa shape index (κ2) is 9.43. The van der Waals surface area contributed by atoms with Gasteiger partial charge in [-0.05, 0) is 54.4 Å². The average molecular weight is 361 g/mol. The Balaban J connectivity index is 3.07. The van der Waals surface area contributed by atoms with E-state index in [0.717, 1.165) is 43.5 Å². The lowest BCUT2D eigenvalue weighted by Gasteiger charge is -2.40. The fourth-order valence-corrected chi connectivity index (χ4v) is 3.50. The third-order valence-electron chi connectivity index (χ3n) is 6.83. The van der Waals surface area contributed by atoms with Gasteiger partial charge in [0.1, 0.15) is 0 Å². The number of carbonyl (C=O) groups is 1. The molecule has 0 fully saturated rings. The molecule has 1 N–H and O–H groups in total. The van der Waals surface area contributed by atoms with Crippen LogP contribution in [0.5, 0.6) is 0 Å². The zero-order valence-electron chi connectivity index (χ0n) is 18.3. The Kier molecular flexibility index (Phi) is 8.17. The number of hydrogen-bond acceptors (Lipinski definition) is 2. The van der Waals surface area contributed by atoms with Crippen molar-refractivity contribution in [2.45, 2.75) is 73.6 Å². The van der Waals surface area contributed by atoms with Gasteiger partial charge in [0.2, 0.25) is 5.91 Å². The standard InChI is InChI=1S/C23H40N2O/c1-9-22(5,10-2)17-20(23(6,11-3)12-4)21(26)24-18-13-15-19(16-14-18)25(7)8/h13-16,20H,9-12,17H2,1-8H3,(H,24,26). The van der Waals surface area contributed by atoms with Gasteiger partial charge in [-0.3, -0.25) is 4.79 Å². The van der Waals surface area contributed by atoms with E-state index < -0.39 is 0 Å². The van der Waals surface area contributed by atoms with Crippen molar-refractivity contribution < 1.29 is 4.79 Å². The van der Waals surface area contributed by atoms with Crippen LogP contribution < -0.4 is 10.2 Å². The molecule has 1 amide bonds. The second-order valence-electron chi connectivity index (χ2n) is 8.57. The van der Waals surface area contributed by atoms with Crippen LogP contribution in [0.2, 0.25) is 0 Å². The largest absolute Gasteiger partial charge is 0.378 e. The SMILES string of the molecule is CCC(C)(CC)CC(C(=O)Nc1ccc(N(C)C)cc1)C(C)(CC)CC. The van der Waals surface area contributed by atoms with E-state index in [0.29, 0.717) is 0 Å². The lowest BCUT2D eigenvalue weighted by molar-refractivity contribution is -0.125. The van der Waals surface area contributed by atoms with Crippen LogP contribution in [0.3, 0.4) is 0 Å². The van der Waals surface area contributed by atoms with Gasteiger partial charge < -0.3 is 10.2 Å². The molecule has 1 atom stereocenters. The number of amides is 1. The first-order valence-corrected chi connectivity index (χ1v) is 10.2. The van der Waals surface area contributed by atoms with E-state index in [-0.39, 0.29) is 22.7 Å². The van der Waals surface area contributed by atoms with E-state index in [1.165, 1.54) is 0 Å². The average Bonchev–Trinajstić information content (AvgIpc) is 2.65. The molecule has 0 bridgehead atoms. The molecule has 0 aliphatic rings. The number of benzene rings is 1. The highest BCUT2D eigenvalue weighted by Crippen LogP contribution is 2.44. The maximum absolute atomic E-state index is 13.3. The van der Waals surface area contributed by atoms with Crippen LogP contribution in [0.4, 0.5) is 11.4 Å². The Hall–Kier alpha value is -1.51. The first-order valence-electron chi connectivity index (χ1n) is 10.2. The van der Waals surface area contributed by atoms with E-state index in [9.17, 15) is 4.79 Å². The van der Waals surface area contributed by atoms with Crippen molar-refractivity contribution in [1.82, 2.24) is 0 Å². The first kappa shape index (κ1) is 22.5. The van der Waals surface area contributed by atoms with Gasteiger partial charge >= 0.3 is 0 Å². The highest BCUT2D eigenvalue weighted by molar-refractivity contribution is 5.93. The lowest BCUT2D eigenvalue weighted by Crippen LogP contribution is -2.39. The maximum atomic E-state index is 13.3. The van der Waals surface area contributed by atoms with Gasteiger partial charge in [0.05, 0.1) is 0 Å². The van der Waals surface area contributed by atoms with Crippen molar-refractivity contribution >= 4 is 17.3 Å². The third kappa shape index (κ3) is 5.49. The molecule has 0 heterocycles. The lowest BCUT2D eigenvalue weighted by atomic mass is 9.64. The number of hydrogen-bond donors (Lipinski definition) is 1. The fourth-order valence-electron chi connectivity index (χ4n) is 3.50. The van der Waals surface area contributed by atoms with Crippen LogP contribution >= 0.6 is 0 Å². The number of anilines is 2. The molecule has 1 rings (SSSR count). The molecule has 26 heavy (non-hydrogen) atoms. The monoisotopic (exact) mass is 360 g/mol. The van der Waals surface area contributed by atoms with Gasteiger partial charge in [-0.2, -0.15) is 0 Å².